The third kappa shape index (κ3) is 3.03. The highest BCUT2D eigenvalue weighted by atomic mass is 16.3. The predicted octanol–water partition coefficient (Wildman–Crippen LogP) is 2.62. The molecule has 2 rings (SSSR count). The number of rotatable bonds is 5. The smallest absolute Gasteiger partial charge is 0.0853 e. The van der Waals surface area contributed by atoms with Crippen LogP contribution in [-0.4, -0.2) is 10.1 Å². The lowest BCUT2D eigenvalue weighted by molar-refractivity contribution is 0.276. The molecular weight excluding hydrogens is 186 g/mol. The van der Waals surface area contributed by atoms with E-state index in [2.05, 4.69) is 11.9 Å². The van der Waals surface area contributed by atoms with Gasteiger partial charge in [-0.25, -0.2) is 0 Å². The van der Waals surface area contributed by atoms with Crippen LogP contribution in [0.1, 0.15) is 42.5 Å². The molecule has 0 saturated heterocycles. The minimum absolute atomic E-state index is 0.0515. The number of aliphatic hydroxyl groups excluding tert-OH is 1. The molecular formula is C13H19NO. The Hall–Kier alpha value is -0.890. The highest BCUT2D eigenvalue weighted by molar-refractivity contribution is 5.25. The summed E-state index contributed by atoms with van der Waals surface area (Å²) in [6.07, 6.45) is 8.54. The molecule has 82 valence electrons. The number of aromatic nitrogens is 1. The summed E-state index contributed by atoms with van der Waals surface area (Å²) in [5, 5.41) is 9.01. The summed E-state index contributed by atoms with van der Waals surface area (Å²) in [5.74, 6) is 1.02. The fourth-order valence-corrected chi connectivity index (χ4v) is 1.96. The summed E-state index contributed by atoms with van der Waals surface area (Å²) < 4.78 is 0. The molecule has 2 nitrogen and oxygen atoms in total. The van der Waals surface area contributed by atoms with Gasteiger partial charge in [0.25, 0.3) is 0 Å². The van der Waals surface area contributed by atoms with Gasteiger partial charge in [0, 0.05) is 6.20 Å². The molecule has 1 heterocycles. The predicted molar refractivity (Wildman–Crippen MR) is 60.6 cm³/mol. The number of aliphatic hydroxyl groups is 1. The molecule has 0 aliphatic heterocycles. The van der Waals surface area contributed by atoms with Crippen LogP contribution in [0.15, 0.2) is 12.3 Å². The summed E-state index contributed by atoms with van der Waals surface area (Å²) in [4.78, 5) is 4.16. The van der Waals surface area contributed by atoms with E-state index in [-0.39, 0.29) is 6.61 Å². The van der Waals surface area contributed by atoms with Crippen LogP contribution >= 0.6 is 0 Å². The number of hydrogen-bond donors (Lipinski definition) is 1. The van der Waals surface area contributed by atoms with E-state index in [4.69, 9.17) is 5.11 Å². The SMILES string of the molecule is Cc1cnc(CO)cc1CCCC1CC1. The maximum absolute atomic E-state index is 9.01. The van der Waals surface area contributed by atoms with Crippen molar-refractivity contribution in [1.29, 1.82) is 0 Å². The first-order chi connectivity index (χ1) is 7.29. The second-order valence-electron chi connectivity index (χ2n) is 4.60. The molecule has 2 heteroatoms. The Labute approximate surface area is 91.4 Å². The molecule has 1 saturated carbocycles. The van der Waals surface area contributed by atoms with Gasteiger partial charge in [0.05, 0.1) is 12.3 Å². The Bertz CT molecular complexity index is 331. The number of nitrogens with zero attached hydrogens (tertiary/aromatic N) is 1. The van der Waals surface area contributed by atoms with Gasteiger partial charge in [0.2, 0.25) is 0 Å². The normalized spacial score (nSPS) is 15.6. The molecule has 1 aromatic heterocycles. The Kier molecular flexibility index (Phi) is 3.37. The quantitative estimate of drug-likeness (QED) is 0.801. The lowest BCUT2D eigenvalue weighted by Crippen LogP contribution is -1.96. The molecule has 0 aromatic carbocycles. The van der Waals surface area contributed by atoms with Crippen LogP contribution in [-0.2, 0) is 13.0 Å². The molecule has 1 fully saturated rings. The van der Waals surface area contributed by atoms with Gasteiger partial charge in [-0.15, -0.1) is 0 Å². The van der Waals surface area contributed by atoms with E-state index in [1.165, 1.54) is 36.8 Å². The van der Waals surface area contributed by atoms with Crippen molar-refractivity contribution in [3.63, 3.8) is 0 Å². The Morgan fingerprint density at radius 1 is 1.47 bits per heavy atom. The van der Waals surface area contributed by atoms with E-state index in [0.29, 0.717) is 0 Å². The fraction of sp³-hybridized carbons (Fsp3) is 0.615. The molecule has 1 aliphatic rings. The van der Waals surface area contributed by atoms with Crippen molar-refractivity contribution in [2.75, 3.05) is 0 Å². The van der Waals surface area contributed by atoms with Gasteiger partial charge in [-0.3, -0.25) is 4.98 Å². The topological polar surface area (TPSA) is 33.1 Å². The van der Waals surface area contributed by atoms with Crippen LogP contribution in [0, 0.1) is 12.8 Å². The second kappa shape index (κ2) is 4.75. The summed E-state index contributed by atoms with van der Waals surface area (Å²) >= 11 is 0. The summed E-state index contributed by atoms with van der Waals surface area (Å²) in [6.45, 7) is 2.15. The number of pyridine rings is 1. The zero-order valence-electron chi connectivity index (χ0n) is 9.37. The van der Waals surface area contributed by atoms with Gasteiger partial charge in [0.1, 0.15) is 0 Å². The average Bonchev–Trinajstić information content (AvgIpc) is 3.05. The Morgan fingerprint density at radius 2 is 2.27 bits per heavy atom. The Morgan fingerprint density at radius 3 is 2.93 bits per heavy atom. The molecule has 0 radical (unpaired) electrons. The summed E-state index contributed by atoms with van der Waals surface area (Å²) in [7, 11) is 0. The average molecular weight is 205 g/mol. The van der Waals surface area contributed by atoms with Crippen molar-refractivity contribution >= 4 is 0 Å². The molecule has 15 heavy (non-hydrogen) atoms. The van der Waals surface area contributed by atoms with Crippen LogP contribution < -0.4 is 0 Å². The standard InChI is InChI=1S/C13H19NO/c1-10-8-14-13(9-15)7-12(10)4-2-3-11-5-6-11/h7-8,11,15H,2-6,9H2,1H3. The van der Waals surface area contributed by atoms with Gasteiger partial charge in [-0.05, 0) is 42.9 Å². The highest BCUT2D eigenvalue weighted by Crippen LogP contribution is 2.33. The lowest BCUT2D eigenvalue weighted by atomic mass is 10.0. The maximum Gasteiger partial charge on any atom is 0.0853 e. The molecule has 1 N–H and O–H groups in total. The highest BCUT2D eigenvalue weighted by Gasteiger charge is 2.20. The van der Waals surface area contributed by atoms with Crippen LogP contribution in [0.5, 0.6) is 0 Å². The summed E-state index contributed by atoms with van der Waals surface area (Å²) in [5.41, 5.74) is 3.40. The van der Waals surface area contributed by atoms with Crippen molar-refractivity contribution in [2.45, 2.75) is 45.6 Å². The summed E-state index contributed by atoms with van der Waals surface area (Å²) in [6, 6.07) is 2.04. The monoisotopic (exact) mass is 205 g/mol. The van der Waals surface area contributed by atoms with E-state index in [9.17, 15) is 0 Å². The minimum atomic E-state index is 0.0515. The first kappa shape index (κ1) is 10.6. The first-order valence-electron chi connectivity index (χ1n) is 5.85. The lowest BCUT2D eigenvalue weighted by Gasteiger charge is -2.06. The van der Waals surface area contributed by atoms with E-state index >= 15 is 0 Å². The van der Waals surface area contributed by atoms with Gasteiger partial charge in [0.15, 0.2) is 0 Å². The number of hydrogen-bond acceptors (Lipinski definition) is 2. The van der Waals surface area contributed by atoms with Crippen LogP contribution in [0.3, 0.4) is 0 Å². The van der Waals surface area contributed by atoms with Crippen molar-refractivity contribution in [3.8, 4) is 0 Å². The van der Waals surface area contributed by atoms with Crippen LogP contribution in [0.2, 0.25) is 0 Å². The molecule has 0 amide bonds. The van der Waals surface area contributed by atoms with E-state index in [1.807, 2.05) is 12.3 Å². The maximum atomic E-state index is 9.01. The van der Waals surface area contributed by atoms with Gasteiger partial charge < -0.3 is 5.11 Å². The van der Waals surface area contributed by atoms with E-state index in [1.54, 1.807) is 0 Å². The second-order valence-corrected chi connectivity index (χ2v) is 4.60. The van der Waals surface area contributed by atoms with Gasteiger partial charge in [-0.1, -0.05) is 19.3 Å². The third-order valence-corrected chi connectivity index (χ3v) is 3.19. The van der Waals surface area contributed by atoms with E-state index < -0.39 is 0 Å². The Balaban J connectivity index is 1.92. The van der Waals surface area contributed by atoms with E-state index in [0.717, 1.165) is 18.0 Å². The third-order valence-electron chi connectivity index (χ3n) is 3.19. The fourth-order valence-electron chi connectivity index (χ4n) is 1.96. The number of aryl methyl sites for hydroxylation is 2. The van der Waals surface area contributed by atoms with Gasteiger partial charge >= 0.3 is 0 Å². The molecule has 0 unspecified atom stereocenters. The van der Waals surface area contributed by atoms with Crippen molar-refractivity contribution < 1.29 is 5.11 Å². The molecule has 1 aromatic rings. The minimum Gasteiger partial charge on any atom is -0.390 e. The molecule has 1 aliphatic carbocycles. The van der Waals surface area contributed by atoms with Crippen molar-refractivity contribution in [1.82, 2.24) is 4.98 Å². The first-order valence-corrected chi connectivity index (χ1v) is 5.85. The molecule has 0 bridgehead atoms. The zero-order valence-corrected chi connectivity index (χ0v) is 9.37. The zero-order chi connectivity index (χ0) is 10.7. The molecule has 0 atom stereocenters. The van der Waals surface area contributed by atoms with Crippen molar-refractivity contribution in [3.05, 3.63) is 29.1 Å². The largest absolute Gasteiger partial charge is 0.390 e. The van der Waals surface area contributed by atoms with Crippen LogP contribution in [0.4, 0.5) is 0 Å². The molecule has 0 spiro atoms. The van der Waals surface area contributed by atoms with Crippen molar-refractivity contribution in [2.24, 2.45) is 5.92 Å². The van der Waals surface area contributed by atoms with Gasteiger partial charge in [-0.2, -0.15) is 0 Å². The van der Waals surface area contributed by atoms with Crippen LogP contribution in [0.25, 0.3) is 0 Å².